The first-order valence-electron chi connectivity index (χ1n) is 7.60. The molecule has 26 heavy (non-hydrogen) atoms. The Morgan fingerprint density at radius 3 is 2.85 bits per heavy atom. The van der Waals surface area contributed by atoms with Gasteiger partial charge in [0.2, 0.25) is 6.79 Å². The average molecular weight is 367 g/mol. The zero-order chi connectivity index (χ0) is 18.1. The Kier molecular flexibility index (Phi) is 4.10. The normalized spacial score (nSPS) is 18.4. The largest absolute Gasteiger partial charge is 0.545 e. The molecule has 0 spiro atoms. The minimum atomic E-state index is -1.32. The SMILES string of the molecule is O=C1NC(=Nc2ccccc2C(=O)[O-])S/C1=C\c1ccc2c(c1)OCO2. The first kappa shape index (κ1) is 16.2. The molecule has 1 N–H and O–H groups in total. The third-order valence-electron chi connectivity index (χ3n) is 3.69. The van der Waals surface area contributed by atoms with Gasteiger partial charge < -0.3 is 24.7 Å². The highest BCUT2D eigenvalue weighted by Gasteiger charge is 2.24. The zero-order valence-electron chi connectivity index (χ0n) is 13.2. The van der Waals surface area contributed by atoms with Crippen molar-refractivity contribution < 1.29 is 24.2 Å². The lowest BCUT2D eigenvalue weighted by Crippen LogP contribution is -2.23. The van der Waals surface area contributed by atoms with Crippen molar-refractivity contribution in [3.8, 4) is 11.5 Å². The summed E-state index contributed by atoms with van der Waals surface area (Å²) in [5.74, 6) is -0.343. The van der Waals surface area contributed by atoms with Crippen LogP contribution in [0.3, 0.4) is 0 Å². The molecule has 0 bridgehead atoms. The number of nitrogens with one attached hydrogen (secondary N) is 1. The molecule has 2 aromatic carbocycles. The number of carboxylic acids is 1. The summed E-state index contributed by atoms with van der Waals surface area (Å²) in [4.78, 5) is 28.0. The van der Waals surface area contributed by atoms with Crippen molar-refractivity contribution in [1.29, 1.82) is 0 Å². The molecule has 0 atom stereocenters. The number of para-hydroxylation sites is 1. The number of aromatic carboxylic acids is 1. The minimum Gasteiger partial charge on any atom is -0.545 e. The third kappa shape index (κ3) is 3.14. The van der Waals surface area contributed by atoms with Gasteiger partial charge in [-0.2, -0.15) is 0 Å². The summed E-state index contributed by atoms with van der Waals surface area (Å²) in [7, 11) is 0. The number of aliphatic imine (C=N–C) groups is 1. The quantitative estimate of drug-likeness (QED) is 0.829. The van der Waals surface area contributed by atoms with E-state index in [0.717, 1.165) is 17.3 Å². The third-order valence-corrected chi connectivity index (χ3v) is 4.60. The average Bonchev–Trinajstić information content (AvgIpc) is 3.21. The Balaban J connectivity index is 1.60. The Morgan fingerprint density at radius 1 is 1.19 bits per heavy atom. The van der Waals surface area contributed by atoms with Gasteiger partial charge in [0.15, 0.2) is 16.7 Å². The molecule has 0 aromatic heterocycles. The Hall–Kier alpha value is -3.26. The van der Waals surface area contributed by atoms with Gasteiger partial charge in [0.25, 0.3) is 5.91 Å². The van der Waals surface area contributed by atoms with E-state index in [1.165, 1.54) is 6.07 Å². The van der Waals surface area contributed by atoms with Crippen LogP contribution in [-0.4, -0.2) is 23.8 Å². The van der Waals surface area contributed by atoms with Gasteiger partial charge in [0.05, 0.1) is 16.6 Å². The monoisotopic (exact) mass is 367 g/mol. The molecule has 1 saturated heterocycles. The fourth-order valence-corrected chi connectivity index (χ4v) is 3.32. The fourth-order valence-electron chi connectivity index (χ4n) is 2.49. The zero-order valence-corrected chi connectivity index (χ0v) is 14.0. The molecule has 2 aliphatic heterocycles. The number of carbonyl (C=O) groups is 2. The van der Waals surface area contributed by atoms with Crippen molar-refractivity contribution in [1.82, 2.24) is 5.32 Å². The highest BCUT2D eigenvalue weighted by molar-refractivity contribution is 8.18. The number of amidine groups is 1. The standard InChI is InChI=1S/C18H12N2O5S/c21-16-15(8-10-5-6-13-14(7-10)25-9-24-13)26-18(20-16)19-12-4-2-1-3-11(12)17(22)23/h1-8H,9H2,(H,22,23)(H,19,20,21)/p-1/b15-8-. The molecule has 4 rings (SSSR count). The number of nitrogens with zero attached hydrogens (tertiary/aromatic N) is 1. The number of rotatable bonds is 3. The van der Waals surface area contributed by atoms with E-state index in [0.29, 0.717) is 21.6 Å². The van der Waals surface area contributed by atoms with E-state index in [-0.39, 0.29) is 24.0 Å². The summed E-state index contributed by atoms with van der Waals surface area (Å²) in [6, 6.07) is 11.6. The van der Waals surface area contributed by atoms with E-state index in [2.05, 4.69) is 10.3 Å². The maximum absolute atomic E-state index is 12.2. The summed E-state index contributed by atoms with van der Waals surface area (Å²) in [6.45, 7) is 0.180. The summed E-state index contributed by atoms with van der Waals surface area (Å²) in [5.41, 5.74) is 0.964. The summed E-state index contributed by atoms with van der Waals surface area (Å²) >= 11 is 1.13. The van der Waals surface area contributed by atoms with E-state index in [1.54, 1.807) is 36.4 Å². The van der Waals surface area contributed by atoms with Crippen molar-refractivity contribution in [3.63, 3.8) is 0 Å². The van der Waals surface area contributed by atoms with Gasteiger partial charge in [-0.3, -0.25) is 4.79 Å². The molecular weight excluding hydrogens is 356 g/mol. The van der Waals surface area contributed by atoms with E-state index in [1.807, 2.05) is 6.07 Å². The van der Waals surface area contributed by atoms with Crippen molar-refractivity contribution in [2.24, 2.45) is 4.99 Å². The second kappa shape index (κ2) is 6.57. The Morgan fingerprint density at radius 2 is 2.00 bits per heavy atom. The van der Waals surface area contributed by atoms with Crippen LogP contribution in [0.5, 0.6) is 11.5 Å². The molecule has 0 aliphatic carbocycles. The molecule has 0 radical (unpaired) electrons. The van der Waals surface area contributed by atoms with Gasteiger partial charge in [-0.1, -0.05) is 24.3 Å². The number of carbonyl (C=O) groups excluding carboxylic acids is 2. The van der Waals surface area contributed by atoms with Crippen LogP contribution in [-0.2, 0) is 4.79 Å². The summed E-state index contributed by atoms with van der Waals surface area (Å²) in [6.07, 6.45) is 1.70. The second-order valence-electron chi connectivity index (χ2n) is 5.40. The Bertz CT molecular complexity index is 983. The van der Waals surface area contributed by atoms with Crippen molar-refractivity contribution in [2.45, 2.75) is 0 Å². The molecule has 8 heteroatoms. The molecule has 130 valence electrons. The van der Waals surface area contributed by atoms with Crippen LogP contribution in [0.2, 0.25) is 0 Å². The first-order chi connectivity index (χ1) is 12.6. The van der Waals surface area contributed by atoms with Gasteiger partial charge in [0.1, 0.15) is 0 Å². The molecule has 1 amide bonds. The molecule has 2 aliphatic rings. The van der Waals surface area contributed by atoms with Crippen LogP contribution < -0.4 is 19.9 Å². The van der Waals surface area contributed by atoms with Crippen LogP contribution in [0.1, 0.15) is 15.9 Å². The number of fused-ring (bicyclic) bond motifs is 1. The predicted octanol–water partition coefficient (Wildman–Crippen LogP) is 1.67. The van der Waals surface area contributed by atoms with Crippen molar-refractivity contribution in [3.05, 3.63) is 58.5 Å². The number of carboxylic acid groups (broad SMARTS) is 1. The highest BCUT2D eigenvalue weighted by atomic mass is 32.2. The molecule has 0 unspecified atom stereocenters. The van der Waals surface area contributed by atoms with Gasteiger partial charge >= 0.3 is 0 Å². The van der Waals surface area contributed by atoms with Crippen LogP contribution in [0.15, 0.2) is 52.4 Å². The first-order valence-corrected chi connectivity index (χ1v) is 8.41. The lowest BCUT2D eigenvalue weighted by atomic mass is 10.2. The maximum Gasteiger partial charge on any atom is 0.264 e. The van der Waals surface area contributed by atoms with Crippen LogP contribution >= 0.6 is 11.8 Å². The van der Waals surface area contributed by atoms with E-state index >= 15 is 0 Å². The van der Waals surface area contributed by atoms with Gasteiger partial charge in [-0.05, 0) is 41.6 Å². The molecule has 2 heterocycles. The number of thioether (sulfide) groups is 1. The second-order valence-corrected chi connectivity index (χ2v) is 6.43. The van der Waals surface area contributed by atoms with Crippen LogP contribution in [0.25, 0.3) is 6.08 Å². The number of benzene rings is 2. The lowest BCUT2D eigenvalue weighted by molar-refractivity contribution is -0.254. The van der Waals surface area contributed by atoms with Crippen LogP contribution in [0.4, 0.5) is 5.69 Å². The molecule has 7 nitrogen and oxygen atoms in total. The van der Waals surface area contributed by atoms with E-state index in [9.17, 15) is 14.7 Å². The smallest absolute Gasteiger partial charge is 0.264 e. The lowest BCUT2D eigenvalue weighted by Gasteiger charge is -2.06. The number of ether oxygens (including phenoxy) is 2. The van der Waals surface area contributed by atoms with Crippen LogP contribution in [0, 0.1) is 0 Å². The van der Waals surface area contributed by atoms with Gasteiger partial charge in [-0.25, -0.2) is 4.99 Å². The number of amides is 1. The number of hydrogen-bond donors (Lipinski definition) is 1. The summed E-state index contributed by atoms with van der Waals surface area (Å²) < 4.78 is 10.6. The molecule has 0 saturated carbocycles. The molecule has 1 fully saturated rings. The fraction of sp³-hybridized carbons (Fsp3) is 0.0556. The van der Waals surface area contributed by atoms with E-state index < -0.39 is 5.97 Å². The Labute approximate surface area is 152 Å². The molecule has 2 aromatic rings. The van der Waals surface area contributed by atoms with E-state index in [4.69, 9.17) is 9.47 Å². The topological polar surface area (TPSA) is 100 Å². The molecular formula is C18H11N2O5S-. The minimum absolute atomic E-state index is 0.0388. The van der Waals surface area contributed by atoms with Crippen molar-refractivity contribution in [2.75, 3.05) is 6.79 Å². The number of hydrogen-bond acceptors (Lipinski definition) is 7. The maximum atomic E-state index is 12.2. The van der Waals surface area contributed by atoms with Crippen molar-refractivity contribution >= 4 is 40.6 Å². The highest BCUT2D eigenvalue weighted by Crippen LogP contribution is 2.35. The van der Waals surface area contributed by atoms with Gasteiger partial charge in [0, 0.05) is 5.56 Å². The summed E-state index contributed by atoms with van der Waals surface area (Å²) in [5, 5.41) is 14.1. The predicted molar refractivity (Wildman–Crippen MR) is 94.1 cm³/mol. The van der Waals surface area contributed by atoms with Gasteiger partial charge in [-0.15, -0.1) is 0 Å².